The van der Waals surface area contributed by atoms with Gasteiger partial charge >= 0.3 is 0 Å². The van der Waals surface area contributed by atoms with Crippen molar-refractivity contribution in [3.63, 3.8) is 0 Å². The van der Waals surface area contributed by atoms with Crippen molar-refractivity contribution in [2.24, 2.45) is 7.05 Å². The molecule has 1 aromatic rings. The molecule has 0 radical (unpaired) electrons. The van der Waals surface area contributed by atoms with E-state index in [1.807, 2.05) is 0 Å². The Morgan fingerprint density at radius 3 is 2.73 bits per heavy atom. The molecule has 0 aliphatic heterocycles. The first kappa shape index (κ1) is 7.67. The molecule has 6 nitrogen and oxygen atoms in total. The highest BCUT2D eigenvalue weighted by Gasteiger charge is 2.13. The third-order valence-electron chi connectivity index (χ3n) is 1.42. The molecule has 11 heavy (non-hydrogen) atoms. The Morgan fingerprint density at radius 1 is 1.73 bits per heavy atom. The minimum absolute atomic E-state index is 0.134. The fraction of sp³-hybridized carbons (Fsp3) is 0.400. The van der Waals surface area contributed by atoms with Crippen molar-refractivity contribution in [3.8, 4) is 0 Å². The Labute approximate surface area is 62.8 Å². The van der Waals surface area contributed by atoms with E-state index in [2.05, 4.69) is 10.3 Å². The van der Waals surface area contributed by atoms with Crippen LogP contribution in [-0.4, -0.2) is 26.1 Å². The predicted molar refractivity (Wildman–Crippen MR) is 35.0 cm³/mol. The van der Waals surface area contributed by atoms with Gasteiger partial charge in [0.05, 0.1) is 5.69 Å². The maximum atomic E-state index is 10.8. The summed E-state index contributed by atoms with van der Waals surface area (Å²) in [5, 5.41) is 15.4. The van der Waals surface area contributed by atoms with E-state index in [0.717, 1.165) is 0 Å². The molecule has 1 aromatic heterocycles. The lowest BCUT2D eigenvalue weighted by Crippen LogP contribution is -2.20. The molecule has 0 saturated heterocycles. The van der Waals surface area contributed by atoms with Gasteiger partial charge in [-0.1, -0.05) is 5.21 Å². The second-order valence-corrected chi connectivity index (χ2v) is 2.09. The summed E-state index contributed by atoms with van der Waals surface area (Å²) in [4.78, 5) is 10.8. The zero-order valence-electron chi connectivity index (χ0n) is 6.20. The van der Waals surface area contributed by atoms with Gasteiger partial charge in [-0.05, 0) is 6.92 Å². The molecular formula is C5H8N4O2. The number of hydrogen-bond donors (Lipinski definition) is 2. The molecule has 0 unspecified atom stereocenters. The van der Waals surface area contributed by atoms with Crippen LogP contribution in [0.4, 0.5) is 0 Å². The molecule has 0 saturated carbocycles. The molecule has 0 bridgehead atoms. The van der Waals surface area contributed by atoms with Gasteiger partial charge < -0.3 is 0 Å². The number of nitrogens with zero attached hydrogens (tertiary/aromatic N) is 3. The molecule has 1 heterocycles. The normalized spacial score (nSPS) is 9.73. The summed E-state index contributed by atoms with van der Waals surface area (Å²) in [6.45, 7) is 1.69. The third-order valence-corrected chi connectivity index (χ3v) is 1.42. The zero-order chi connectivity index (χ0) is 8.43. The van der Waals surface area contributed by atoms with Gasteiger partial charge in [-0.15, -0.1) is 5.10 Å². The first-order valence-electron chi connectivity index (χ1n) is 2.97. The molecule has 2 N–H and O–H groups in total. The number of amides is 1. The number of carbonyl (C=O) groups is 1. The topological polar surface area (TPSA) is 80.0 Å². The van der Waals surface area contributed by atoms with Crippen LogP contribution in [0.5, 0.6) is 0 Å². The lowest BCUT2D eigenvalue weighted by Gasteiger charge is -1.93. The molecule has 0 aliphatic rings. The standard InChI is InChI=1S/C5H8N4O2/c1-3-4(5(10)7-11)6-8-9(3)2/h11H,1-2H3,(H,7,10). The van der Waals surface area contributed by atoms with Gasteiger partial charge in [0.15, 0.2) is 5.69 Å². The summed E-state index contributed by atoms with van der Waals surface area (Å²) in [5.74, 6) is -0.643. The Bertz CT molecular complexity index is 280. The van der Waals surface area contributed by atoms with E-state index in [1.165, 1.54) is 10.2 Å². The van der Waals surface area contributed by atoms with E-state index in [4.69, 9.17) is 5.21 Å². The van der Waals surface area contributed by atoms with Crippen LogP contribution >= 0.6 is 0 Å². The van der Waals surface area contributed by atoms with Crippen molar-refractivity contribution in [2.45, 2.75) is 6.92 Å². The van der Waals surface area contributed by atoms with Gasteiger partial charge in [-0.3, -0.25) is 14.7 Å². The van der Waals surface area contributed by atoms with E-state index in [1.54, 1.807) is 14.0 Å². The Morgan fingerprint density at radius 2 is 2.36 bits per heavy atom. The summed E-state index contributed by atoms with van der Waals surface area (Å²) < 4.78 is 1.45. The Balaban J connectivity index is 3.04. The number of rotatable bonds is 1. The van der Waals surface area contributed by atoms with Crippen LogP contribution in [0.15, 0.2) is 0 Å². The lowest BCUT2D eigenvalue weighted by molar-refractivity contribution is 0.0700. The molecule has 1 amide bonds. The maximum absolute atomic E-state index is 10.8. The van der Waals surface area contributed by atoms with Crippen molar-refractivity contribution in [3.05, 3.63) is 11.4 Å². The number of aromatic nitrogens is 3. The summed E-state index contributed by atoms with van der Waals surface area (Å²) in [7, 11) is 1.66. The fourth-order valence-electron chi connectivity index (χ4n) is 0.667. The Hall–Kier alpha value is -1.43. The molecule has 0 aromatic carbocycles. The average molecular weight is 156 g/mol. The average Bonchev–Trinajstić information content (AvgIpc) is 2.32. The molecule has 1 rings (SSSR count). The summed E-state index contributed by atoms with van der Waals surface area (Å²) in [5.41, 5.74) is 2.22. The van der Waals surface area contributed by atoms with E-state index in [-0.39, 0.29) is 5.69 Å². The minimum atomic E-state index is -0.643. The van der Waals surface area contributed by atoms with Crippen LogP contribution in [0.25, 0.3) is 0 Å². The fourth-order valence-corrected chi connectivity index (χ4v) is 0.667. The molecule has 0 aliphatic carbocycles. The number of hydroxylamine groups is 1. The van der Waals surface area contributed by atoms with Crippen LogP contribution in [0, 0.1) is 6.92 Å². The van der Waals surface area contributed by atoms with Crippen LogP contribution < -0.4 is 5.48 Å². The molecule has 6 heteroatoms. The van der Waals surface area contributed by atoms with E-state index in [0.29, 0.717) is 5.69 Å². The summed E-state index contributed by atoms with van der Waals surface area (Å²) in [6.07, 6.45) is 0. The van der Waals surface area contributed by atoms with Crippen molar-refractivity contribution < 1.29 is 10.0 Å². The predicted octanol–water partition coefficient (Wildman–Crippen LogP) is -0.757. The third kappa shape index (κ3) is 1.20. The summed E-state index contributed by atoms with van der Waals surface area (Å²) in [6, 6.07) is 0. The highest BCUT2D eigenvalue weighted by atomic mass is 16.5. The van der Waals surface area contributed by atoms with E-state index < -0.39 is 5.91 Å². The van der Waals surface area contributed by atoms with Gasteiger partial charge in [-0.25, -0.2) is 5.48 Å². The quantitative estimate of drug-likeness (QED) is 0.414. The first-order valence-corrected chi connectivity index (χ1v) is 2.97. The molecule has 60 valence electrons. The van der Waals surface area contributed by atoms with Crippen molar-refractivity contribution in [1.82, 2.24) is 20.5 Å². The van der Waals surface area contributed by atoms with Crippen molar-refractivity contribution >= 4 is 5.91 Å². The number of nitrogens with one attached hydrogen (secondary N) is 1. The van der Waals surface area contributed by atoms with Crippen LogP contribution in [0.1, 0.15) is 16.2 Å². The van der Waals surface area contributed by atoms with Gasteiger partial charge in [0.25, 0.3) is 5.91 Å². The van der Waals surface area contributed by atoms with Crippen LogP contribution in [-0.2, 0) is 7.05 Å². The highest BCUT2D eigenvalue weighted by Crippen LogP contribution is 1.99. The number of hydrogen-bond acceptors (Lipinski definition) is 4. The summed E-state index contributed by atoms with van der Waals surface area (Å²) >= 11 is 0. The number of aryl methyl sites for hydroxylation is 1. The smallest absolute Gasteiger partial charge is 0.288 e. The van der Waals surface area contributed by atoms with E-state index in [9.17, 15) is 4.79 Å². The van der Waals surface area contributed by atoms with E-state index >= 15 is 0 Å². The van der Waals surface area contributed by atoms with Crippen LogP contribution in [0.3, 0.4) is 0 Å². The minimum Gasteiger partial charge on any atom is -0.288 e. The first-order chi connectivity index (χ1) is 5.16. The van der Waals surface area contributed by atoms with Gasteiger partial charge in [0.1, 0.15) is 0 Å². The maximum Gasteiger partial charge on any atom is 0.297 e. The van der Waals surface area contributed by atoms with Gasteiger partial charge in [-0.2, -0.15) is 0 Å². The van der Waals surface area contributed by atoms with Crippen molar-refractivity contribution in [2.75, 3.05) is 0 Å². The number of carbonyl (C=O) groups excluding carboxylic acids is 1. The van der Waals surface area contributed by atoms with Crippen LogP contribution in [0.2, 0.25) is 0 Å². The van der Waals surface area contributed by atoms with Gasteiger partial charge in [0.2, 0.25) is 0 Å². The molecular weight excluding hydrogens is 148 g/mol. The SMILES string of the molecule is Cc1c(C(=O)NO)nnn1C. The Kier molecular flexibility index (Phi) is 1.86. The molecule has 0 spiro atoms. The molecule has 0 fully saturated rings. The largest absolute Gasteiger partial charge is 0.297 e. The second-order valence-electron chi connectivity index (χ2n) is 2.09. The van der Waals surface area contributed by atoms with Gasteiger partial charge in [0, 0.05) is 7.05 Å². The highest BCUT2D eigenvalue weighted by molar-refractivity contribution is 5.92. The molecule has 0 atom stereocenters. The zero-order valence-corrected chi connectivity index (χ0v) is 6.20. The van der Waals surface area contributed by atoms with Crippen molar-refractivity contribution in [1.29, 1.82) is 0 Å². The second kappa shape index (κ2) is 2.67. The monoisotopic (exact) mass is 156 g/mol. The lowest BCUT2D eigenvalue weighted by atomic mass is 10.3.